The highest BCUT2D eigenvalue weighted by Gasteiger charge is 2.16. The maximum Gasteiger partial charge on any atom is 0.150 e. The number of hydrogen-bond acceptors (Lipinski definition) is 2. The molecular formula is C21H18O2. The van der Waals surface area contributed by atoms with E-state index in [0.29, 0.717) is 0 Å². The highest BCUT2D eigenvalue weighted by molar-refractivity contribution is 5.75. The molecule has 2 heterocycles. The number of fused-ring (bicyclic) bond motifs is 2. The van der Waals surface area contributed by atoms with Crippen LogP contribution in [-0.2, 0) is 6.42 Å². The average molecular weight is 302 g/mol. The summed E-state index contributed by atoms with van der Waals surface area (Å²) in [7, 11) is 0. The molecule has 2 heteroatoms. The second-order valence-electron chi connectivity index (χ2n) is 5.34. The van der Waals surface area contributed by atoms with E-state index in [2.05, 4.69) is 43.3 Å². The van der Waals surface area contributed by atoms with Crippen molar-refractivity contribution in [2.75, 3.05) is 0 Å². The molecule has 0 fully saturated rings. The van der Waals surface area contributed by atoms with Crippen LogP contribution < -0.4 is 4.74 Å². The first kappa shape index (κ1) is 15.0. The third-order valence-corrected chi connectivity index (χ3v) is 3.79. The lowest BCUT2D eigenvalue weighted by atomic mass is 10.0. The molecule has 3 aromatic carbocycles. The molecule has 0 aliphatic carbocycles. The van der Waals surface area contributed by atoms with E-state index in [-0.39, 0.29) is 0 Å². The van der Waals surface area contributed by atoms with Gasteiger partial charge in [0.1, 0.15) is 17.8 Å². The first-order valence-electron chi connectivity index (χ1n) is 7.71. The molecule has 0 atom stereocenters. The summed E-state index contributed by atoms with van der Waals surface area (Å²) >= 11 is 0. The van der Waals surface area contributed by atoms with Gasteiger partial charge in [0.2, 0.25) is 0 Å². The molecule has 2 bridgehead atoms. The average Bonchev–Trinajstić information content (AvgIpc) is 2.62. The lowest BCUT2D eigenvalue weighted by Gasteiger charge is -2.20. The fourth-order valence-electron chi connectivity index (χ4n) is 2.41. The number of ether oxygens (including phenoxy) is 1. The second-order valence-corrected chi connectivity index (χ2v) is 5.34. The number of aldehydes is 1. The summed E-state index contributed by atoms with van der Waals surface area (Å²) in [4.78, 5) is 10.0. The molecule has 3 aromatic rings. The van der Waals surface area contributed by atoms with Crippen LogP contribution in [0.15, 0.2) is 72.8 Å². The van der Waals surface area contributed by atoms with Crippen LogP contribution in [0.1, 0.15) is 22.8 Å². The number of aryl methyl sites for hydroxylation is 1. The van der Waals surface area contributed by atoms with Crippen LogP contribution in [0.25, 0.3) is 11.1 Å². The first-order valence-corrected chi connectivity index (χ1v) is 7.71. The largest absolute Gasteiger partial charge is 0.456 e. The number of hydrogen-bond donors (Lipinski definition) is 0. The van der Waals surface area contributed by atoms with Gasteiger partial charge in [-0.15, -0.1) is 0 Å². The van der Waals surface area contributed by atoms with Gasteiger partial charge in [0.05, 0.1) is 0 Å². The van der Waals surface area contributed by atoms with Crippen molar-refractivity contribution in [3.63, 3.8) is 0 Å². The number of carbonyl (C=O) groups is 1. The van der Waals surface area contributed by atoms with Gasteiger partial charge in [0, 0.05) is 17.2 Å². The van der Waals surface area contributed by atoms with Crippen LogP contribution in [0.3, 0.4) is 0 Å². The van der Waals surface area contributed by atoms with Crippen molar-refractivity contribution < 1.29 is 9.53 Å². The fourth-order valence-corrected chi connectivity index (χ4v) is 2.41. The quantitative estimate of drug-likeness (QED) is 0.466. The second kappa shape index (κ2) is 6.93. The summed E-state index contributed by atoms with van der Waals surface area (Å²) in [6.07, 6.45) is 1.92. The Labute approximate surface area is 136 Å². The number of carbonyl (C=O) groups excluding carboxylic acids is 1. The lowest BCUT2D eigenvalue weighted by Crippen LogP contribution is -1.96. The van der Waals surface area contributed by atoms with Crippen LogP contribution in [0.4, 0.5) is 0 Å². The first-order chi connectivity index (χ1) is 11.3. The van der Waals surface area contributed by atoms with Crippen molar-refractivity contribution in [1.29, 1.82) is 0 Å². The molecule has 2 aliphatic rings. The topological polar surface area (TPSA) is 26.3 Å². The Morgan fingerprint density at radius 1 is 0.913 bits per heavy atom. The highest BCUT2D eigenvalue weighted by atomic mass is 16.5. The van der Waals surface area contributed by atoms with Crippen molar-refractivity contribution in [1.82, 2.24) is 0 Å². The summed E-state index contributed by atoms with van der Waals surface area (Å²) in [6.45, 7) is 2.17. The zero-order valence-electron chi connectivity index (χ0n) is 13.0. The van der Waals surface area contributed by atoms with Gasteiger partial charge in [-0.3, -0.25) is 4.79 Å². The molecular weight excluding hydrogens is 284 g/mol. The van der Waals surface area contributed by atoms with Gasteiger partial charge in [-0.25, -0.2) is 0 Å². The van der Waals surface area contributed by atoms with Crippen LogP contribution in [0, 0.1) is 0 Å². The molecule has 0 radical (unpaired) electrons. The Morgan fingerprint density at radius 2 is 1.61 bits per heavy atom. The summed E-state index contributed by atoms with van der Waals surface area (Å²) in [5, 5.41) is 0. The smallest absolute Gasteiger partial charge is 0.150 e. The van der Waals surface area contributed by atoms with E-state index < -0.39 is 0 Å². The van der Waals surface area contributed by atoms with Crippen molar-refractivity contribution in [3.05, 3.63) is 83.9 Å². The van der Waals surface area contributed by atoms with Gasteiger partial charge >= 0.3 is 0 Å². The maximum absolute atomic E-state index is 10.0. The van der Waals surface area contributed by atoms with Crippen molar-refractivity contribution >= 4 is 6.29 Å². The third kappa shape index (κ3) is 3.49. The Balaban J connectivity index is 0.000000166. The predicted molar refractivity (Wildman–Crippen MR) is 93.2 cm³/mol. The minimum Gasteiger partial charge on any atom is -0.456 e. The SMILES string of the molecule is CCc1ccc(-c2ccc3cc2O3)cc1.O=Cc1ccccc1. The molecule has 2 aliphatic heterocycles. The monoisotopic (exact) mass is 302 g/mol. The van der Waals surface area contributed by atoms with Crippen molar-refractivity contribution in [2.45, 2.75) is 13.3 Å². The van der Waals surface area contributed by atoms with Crippen LogP contribution in [-0.4, -0.2) is 6.29 Å². The molecule has 5 rings (SSSR count). The molecule has 114 valence electrons. The normalized spacial score (nSPS) is 10.7. The fraction of sp³-hybridized carbons (Fsp3) is 0.0952. The van der Waals surface area contributed by atoms with Crippen molar-refractivity contribution in [2.24, 2.45) is 0 Å². The van der Waals surface area contributed by atoms with Gasteiger partial charge < -0.3 is 4.74 Å². The number of benzene rings is 3. The minimum absolute atomic E-state index is 0.729. The summed E-state index contributed by atoms with van der Waals surface area (Å²) in [5.74, 6) is 1.97. The summed E-state index contributed by atoms with van der Waals surface area (Å²) in [6, 6.07) is 24.0. The van der Waals surface area contributed by atoms with Crippen LogP contribution >= 0.6 is 0 Å². The van der Waals surface area contributed by atoms with E-state index in [1.165, 1.54) is 16.7 Å². The molecule has 23 heavy (non-hydrogen) atoms. The van der Waals surface area contributed by atoms with E-state index in [9.17, 15) is 4.79 Å². The molecule has 0 aromatic heterocycles. The van der Waals surface area contributed by atoms with Crippen molar-refractivity contribution in [3.8, 4) is 22.6 Å². The molecule has 0 saturated carbocycles. The third-order valence-electron chi connectivity index (χ3n) is 3.79. The lowest BCUT2D eigenvalue weighted by molar-refractivity contribution is 0.112. The van der Waals surface area contributed by atoms with E-state index in [0.717, 1.165) is 29.8 Å². The zero-order chi connectivity index (χ0) is 16.1. The standard InChI is InChI=1S/C14H12O.C7H6O/c1-2-10-3-5-11(6-4-10)13-8-7-12-9-14(13)15-12;8-6-7-4-2-1-3-5-7/h3-9H,2H2,1H3;1-6H. The van der Waals surface area contributed by atoms with Gasteiger partial charge in [-0.2, -0.15) is 0 Å². The van der Waals surface area contributed by atoms with E-state index in [4.69, 9.17) is 4.74 Å². The predicted octanol–water partition coefficient (Wildman–Crippen LogP) is 5.52. The van der Waals surface area contributed by atoms with Gasteiger partial charge in [0.15, 0.2) is 0 Å². The molecule has 0 spiro atoms. The molecule has 0 N–H and O–H groups in total. The highest BCUT2D eigenvalue weighted by Crippen LogP contribution is 2.43. The maximum atomic E-state index is 10.0. The zero-order valence-corrected chi connectivity index (χ0v) is 13.0. The molecule has 0 saturated heterocycles. The Bertz CT molecular complexity index is 786. The molecule has 0 unspecified atom stereocenters. The van der Waals surface area contributed by atoms with E-state index in [1.807, 2.05) is 24.3 Å². The Kier molecular flexibility index (Phi) is 4.53. The summed E-state index contributed by atoms with van der Waals surface area (Å²) in [5.41, 5.74) is 4.52. The van der Waals surface area contributed by atoms with E-state index in [1.54, 1.807) is 12.1 Å². The Hall–Kier alpha value is -2.87. The summed E-state index contributed by atoms with van der Waals surface area (Å²) < 4.78 is 5.45. The molecule has 0 amide bonds. The Morgan fingerprint density at radius 3 is 2.09 bits per heavy atom. The van der Waals surface area contributed by atoms with Crippen LogP contribution in [0.2, 0.25) is 0 Å². The van der Waals surface area contributed by atoms with Gasteiger partial charge in [0.25, 0.3) is 0 Å². The number of rotatable bonds is 3. The van der Waals surface area contributed by atoms with Gasteiger partial charge in [-0.05, 0) is 29.7 Å². The van der Waals surface area contributed by atoms with E-state index >= 15 is 0 Å². The molecule has 2 nitrogen and oxygen atoms in total. The van der Waals surface area contributed by atoms with Crippen LogP contribution in [0.5, 0.6) is 11.5 Å². The van der Waals surface area contributed by atoms with Gasteiger partial charge in [-0.1, -0.05) is 61.5 Å². The minimum atomic E-state index is 0.729.